The fourth-order valence-electron chi connectivity index (χ4n) is 2.82. The van der Waals surface area contributed by atoms with Crippen molar-refractivity contribution in [2.45, 2.75) is 18.9 Å². The maximum atomic E-state index is 12.6. The zero-order chi connectivity index (χ0) is 17.3. The van der Waals surface area contributed by atoms with E-state index in [-0.39, 0.29) is 11.9 Å². The van der Waals surface area contributed by atoms with Crippen LogP contribution in [0.1, 0.15) is 43.1 Å². The van der Waals surface area contributed by atoms with Gasteiger partial charge in [-0.05, 0) is 36.4 Å². The van der Waals surface area contributed by atoms with Crippen molar-refractivity contribution in [1.82, 2.24) is 9.80 Å². The molecule has 0 unspecified atom stereocenters. The molecule has 1 aliphatic heterocycles. The first-order valence-electron chi connectivity index (χ1n) is 7.69. The lowest BCUT2D eigenvalue weighted by molar-refractivity contribution is -0.127. The van der Waals surface area contributed by atoms with E-state index < -0.39 is 11.7 Å². The van der Waals surface area contributed by atoms with Crippen LogP contribution in [0.3, 0.4) is 0 Å². The molecule has 0 aromatic carbocycles. The summed E-state index contributed by atoms with van der Waals surface area (Å²) in [6.45, 7) is 0.579. The minimum absolute atomic E-state index is 0.0446. The molecule has 1 fully saturated rings. The fraction of sp³-hybridized carbons (Fsp3) is 0.353. The number of amides is 2. The molecule has 0 saturated carbocycles. The normalized spacial score (nSPS) is 17.1. The Hall–Kier alpha value is -1.99. The monoisotopic (exact) mass is 362 g/mol. The highest BCUT2D eigenvalue weighted by molar-refractivity contribution is 7.14. The number of likely N-dealkylation sites (tertiary alicyclic amines) is 1. The molecule has 5 nitrogen and oxygen atoms in total. The molecule has 0 spiro atoms. The molecule has 2 aromatic heterocycles. The quantitative estimate of drug-likeness (QED) is 0.620. The number of carbonyl (C=O) groups is 3. The summed E-state index contributed by atoms with van der Waals surface area (Å²) in [5.74, 6) is -0.941. The van der Waals surface area contributed by atoms with E-state index in [1.165, 1.54) is 27.6 Å². The minimum Gasteiger partial charge on any atom is -0.344 e. The van der Waals surface area contributed by atoms with E-state index in [1.807, 2.05) is 6.07 Å². The molecular formula is C17H18N2O3S2. The molecule has 2 amide bonds. The van der Waals surface area contributed by atoms with Crippen LogP contribution in [-0.2, 0) is 4.79 Å². The van der Waals surface area contributed by atoms with Gasteiger partial charge in [0.25, 0.3) is 17.6 Å². The topological polar surface area (TPSA) is 57.7 Å². The van der Waals surface area contributed by atoms with Gasteiger partial charge in [-0.1, -0.05) is 6.07 Å². The van der Waals surface area contributed by atoms with Crippen LogP contribution in [0.2, 0.25) is 0 Å². The second kappa shape index (κ2) is 6.86. The van der Waals surface area contributed by atoms with Crippen molar-refractivity contribution in [2.75, 3.05) is 20.6 Å². The molecule has 2 aromatic rings. The number of nitrogens with zero attached hydrogens (tertiary/aromatic N) is 2. The van der Waals surface area contributed by atoms with Gasteiger partial charge in [0.15, 0.2) is 0 Å². The second-order valence-corrected chi connectivity index (χ2v) is 7.93. The van der Waals surface area contributed by atoms with Crippen molar-refractivity contribution < 1.29 is 14.4 Å². The molecule has 0 aliphatic carbocycles. The number of Topliss-reactive ketones (excluding diaryl/α,β-unsaturated/α-hetero) is 1. The Morgan fingerprint density at radius 1 is 1.17 bits per heavy atom. The summed E-state index contributed by atoms with van der Waals surface area (Å²) >= 11 is 2.68. The lowest BCUT2D eigenvalue weighted by atomic mass is 10.1. The van der Waals surface area contributed by atoms with Gasteiger partial charge >= 0.3 is 0 Å². The first-order valence-corrected chi connectivity index (χ1v) is 9.39. The van der Waals surface area contributed by atoms with Gasteiger partial charge in [0.1, 0.15) is 0 Å². The van der Waals surface area contributed by atoms with E-state index in [2.05, 4.69) is 0 Å². The van der Waals surface area contributed by atoms with Gasteiger partial charge < -0.3 is 9.80 Å². The summed E-state index contributed by atoms with van der Waals surface area (Å²) in [7, 11) is 3.43. The molecule has 7 heteroatoms. The van der Waals surface area contributed by atoms with Crippen molar-refractivity contribution in [3.63, 3.8) is 0 Å². The Kier molecular flexibility index (Phi) is 4.82. The third-order valence-electron chi connectivity index (χ3n) is 4.03. The Morgan fingerprint density at radius 3 is 2.62 bits per heavy atom. The van der Waals surface area contributed by atoms with Crippen molar-refractivity contribution in [2.24, 2.45) is 0 Å². The van der Waals surface area contributed by atoms with Gasteiger partial charge in [0.05, 0.1) is 15.8 Å². The largest absolute Gasteiger partial charge is 0.344 e. The van der Waals surface area contributed by atoms with Crippen LogP contribution in [0.5, 0.6) is 0 Å². The average molecular weight is 362 g/mol. The molecule has 0 N–H and O–H groups in total. The van der Waals surface area contributed by atoms with Gasteiger partial charge in [0, 0.05) is 25.5 Å². The third kappa shape index (κ3) is 3.14. The lowest BCUT2D eigenvalue weighted by Crippen LogP contribution is -2.35. The van der Waals surface area contributed by atoms with Crippen LogP contribution in [0.25, 0.3) is 0 Å². The number of carbonyl (C=O) groups excluding carboxylic acids is 3. The van der Waals surface area contributed by atoms with E-state index in [0.29, 0.717) is 16.3 Å². The summed E-state index contributed by atoms with van der Waals surface area (Å²) in [6, 6.07) is 7.02. The van der Waals surface area contributed by atoms with E-state index >= 15 is 0 Å². The second-order valence-electron chi connectivity index (χ2n) is 5.86. The molecule has 0 radical (unpaired) electrons. The van der Waals surface area contributed by atoms with E-state index in [4.69, 9.17) is 0 Å². The average Bonchev–Trinajstić information content (AvgIpc) is 3.32. The van der Waals surface area contributed by atoms with Crippen LogP contribution in [-0.4, -0.2) is 48.0 Å². The standard InChI is InChI=1S/C17H18N2O3S2/c1-18(2)16(21)14-8-7-12(24-14)11-5-3-9-19(11)17(22)15(20)13-6-4-10-23-13/h4,6-8,10-11H,3,5,9H2,1-2H3/t11-/m1/s1. The zero-order valence-electron chi connectivity index (χ0n) is 13.5. The van der Waals surface area contributed by atoms with Crippen LogP contribution in [0.4, 0.5) is 0 Å². The Labute approximate surface area is 148 Å². The Balaban J connectivity index is 1.80. The Morgan fingerprint density at radius 2 is 1.96 bits per heavy atom. The first-order chi connectivity index (χ1) is 11.5. The summed E-state index contributed by atoms with van der Waals surface area (Å²) in [5, 5.41) is 1.79. The smallest absolute Gasteiger partial charge is 0.296 e. The Bertz CT molecular complexity index is 765. The van der Waals surface area contributed by atoms with Crippen molar-refractivity contribution in [3.8, 4) is 0 Å². The van der Waals surface area contributed by atoms with Gasteiger partial charge in [-0.2, -0.15) is 0 Å². The highest BCUT2D eigenvalue weighted by atomic mass is 32.1. The SMILES string of the molecule is CN(C)C(=O)c1ccc([C@H]2CCCN2C(=O)C(=O)c2cccs2)s1. The molecular weight excluding hydrogens is 344 g/mol. The molecule has 126 valence electrons. The maximum Gasteiger partial charge on any atom is 0.296 e. The van der Waals surface area contributed by atoms with Gasteiger partial charge in [-0.25, -0.2) is 0 Å². The first kappa shape index (κ1) is 16.9. The number of thiophene rings is 2. The predicted octanol–water partition coefficient (Wildman–Crippen LogP) is 3.06. The van der Waals surface area contributed by atoms with Crippen molar-refractivity contribution in [1.29, 1.82) is 0 Å². The molecule has 24 heavy (non-hydrogen) atoms. The fourth-order valence-corrected chi connectivity index (χ4v) is 4.65. The summed E-state index contributed by atoms with van der Waals surface area (Å²) in [4.78, 5) is 42.3. The molecule has 3 heterocycles. The molecule has 0 bridgehead atoms. The third-order valence-corrected chi connectivity index (χ3v) is 6.07. The highest BCUT2D eigenvalue weighted by Crippen LogP contribution is 2.36. The minimum atomic E-state index is -0.450. The lowest BCUT2D eigenvalue weighted by Gasteiger charge is -2.22. The van der Waals surface area contributed by atoms with Gasteiger partial charge in [-0.15, -0.1) is 22.7 Å². The van der Waals surface area contributed by atoms with Crippen LogP contribution >= 0.6 is 22.7 Å². The van der Waals surface area contributed by atoms with Crippen LogP contribution in [0, 0.1) is 0 Å². The summed E-state index contributed by atoms with van der Waals surface area (Å²) in [6.07, 6.45) is 1.68. The highest BCUT2D eigenvalue weighted by Gasteiger charge is 2.35. The predicted molar refractivity (Wildman–Crippen MR) is 94.7 cm³/mol. The van der Waals surface area contributed by atoms with Crippen molar-refractivity contribution >= 4 is 40.3 Å². The van der Waals surface area contributed by atoms with E-state index in [9.17, 15) is 14.4 Å². The number of ketones is 1. The molecule has 1 atom stereocenters. The number of rotatable bonds is 4. The zero-order valence-corrected chi connectivity index (χ0v) is 15.2. The van der Waals surface area contributed by atoms with E-state index in [0.717, 1.165) is 17.7 Å². The van der Waals surface area contributed by atoms with Gasteiger partial charge in [-0.3, -0.25) is 14.4 Å². The molecule has 3 rings (SSSR count). The molecule has 1 saturated heterocycles. The summed E-state index contributed by atoms with van der Waals surface area (Å²) < 4.78 is 0. The van der Waals surface area contributed by atoms with Crippen LogP contribution in [0.15, 0.2) is 29.6 Å². The summed E-state index contributed by atoms with van der Waals surface area (Å²) in [5.41, 5.74) is 0. The number of hydrogen-bond donors (Lipinski definition) is 0. The van der Waals surface area contributed by atoms with Gasteiger partial charge in [0.2, 0.25) is 0 Å². The van der Waals surface area contributed by atoms with Crippen molar-refractivity contribution in [3.05, 3.63) is 44.3 Å². The molecule has 1 aliphatic rings. The maximum absolute atomic E-state index is 12.6. The number of hydrogen-bond acceptors (Lipinski definition) is 5. The van der Waals surface area contributed by atoms with E-state index in [1.54, 1.807) is 42.6 Å². The van der Waals surface area contributed by atoms with Crippen LogP contribution < -0.4 is 0 Å².